The Hall–Kier alpha value is -3.81. The summed E-state index contributed by atoms with van der Waals surface area (Å²) in [5, 5.41) is 14.5. The van der Waals surface area contributed by atoms with Crippen LogP contribution in [0.2, 0.25) is 0 Å². The smallest absolute Gasteiger partial charge is 0.181 e. The minimum atomic E-state index is 0.673. The van der Waals surface area contributed by atoms with Crippen molar-refractivity contribution in [3.05, 3.63) is 65.7 Å². The molecule has 0 aliphatic rings. The number of imidazole rings is 1. The van der Waals surface area contributed by atoms with E-state index in [0.29, 0.717) is 5.82 Å². The van der Waals surface area contributed by atoms with E-state index in [4.69, 9.17) is 4.98 Å². The monoisotopic (exact) mass is 426 g/mol. The van der Waals surface area contributed by atoms with Crippen LogP contribution in [0.4, 0.5) is 0 Å². The van der Waals surface area contributed by atoms with Crippen molar-refractivity contribution in [1.82, 2.24) is 39.7 Å². The Morgan fingerprint density at radius 2 is 1.88 bits per heavy atom. The lowest BCUT2D eigenvalue weighted by molar-refractivity contribution is 0.716. The highest BCUT2D eigenvalue weighted by atomic mass is 15.5. The first-order valence-corrected chi connectivity index (χ1v) is 11.0. The van der Waals surface area contributed by atoms with Gasteiger partial charge >= 0.3 is 0 Å². The molecule has 0 spiro atoms. The first kappa shape index (κ1) is 20.1. The Bertz CT molecular complexity index is 1340. The normalized spacial score (nSPS) is 11.5. The van der Waals surface area contributed by atoms with E-state index >= 15 is 0 Å². The number of benzene rings is 1. The number of tetrazole rings is 1. The second-order valence-electron chi connectivity index (χ2n) is 7.98. The van der Waals surface area contributed by atoms with Gasteiger partial charge in [-0.05, 0) is 59.5 Å². The Balaban J connectivity index is 1.51. The van der Waals surface area contributed by atoms with Crippen LogP contribution in [0, 0.1) is 6.92 Å². The highest BCUT2D eigenvalue weighted by Crippen LogP contribution is 2.31. The second kappa shape index (κ2) is 8.37. The summed E-state index contributed by atoms with van der Waals surface area (Å²) in [5.41, 5.74) is 7.56. The first-order chi connectivity index (χ1) is 15.7. The molecule has 162 valence electrons. The van der Waals surface area contributed by atoms with Gasteiger partial charge in [0, 0.05) is 30.9 Å². The van der Waals surface area contributed by atoms with Crippen LogP contribution in [0.25, 0.3) is 33.8 Å². The minimum Gasteiger partial charge on any atom is -0.347 e. The summed E-state index contributed by atoms with van der Waals surface area (Å²) in [6.07, 6.45) is 5.93. The molecule has 0 saturated heterocycles. The highest BCUT2D eigenvalue weighted by molar-refractivity contribution is 5.78. The third kappa shape index (κ3) is 3.47. The van der Waals surface area contributed by atoms with Crippen LogP contribution < -0.4 is 0 Å². The molecule has 0 aliphatic carbocycles. The van der Waals surface area contributed by atoms with E-state index < -0.39 is 0 Å². The summed E-state index contributed by atoms with van der Waals surface area (Å²) >= 11 is 0. The van der Waals surface area contributed by atoms with Crippen molar-refractivity contribution in [2.24, 2.45) is 0 Å². The lowest BCUT2D eigenvalue weighted by Crippen LogP contribution is -2.06. The molecular weight excluding hydrogens is 400 g/mol. The van der Waals surface area contributed by atoms with Gasteiger partial charge in [-0.15, -0.1) is 5.10 Å². The fourth-order valence-corrected chi connectivity index (χ4v) is 4.24. The van der Waals surface area contributed by atoms with Crippen molar-refractivity contribution < 1.29 is 0 Å². The molecule has 8 nitrogen and oxygen atoms in total. The van der Waals surface area contributed by atoms with Crippen molar-refractivity contribution in [3.63, 3.8) is 0 Å². The van der Waals surface area contributed by atoms with Crippen LogP contribution in [0.3, 0.4) is 0 Å². The number of aryl methyl sites for hydroxylation is 3. The number of aromatic amines is 1. The SMILES string of the molecule is CCCc1nc2c(C)ccnc2n1Cc1ccc(-c2c(-c3nnn[nH]3)ccn2CC)cc1. The Kier molecular flexibility index (Phi) is 5.26. The van der Waals surface area contributed by atoms with Gasteiger partial charge in [0.1, 0.15) is 11.3 Å². The number of hydrogen-bond acceptors (Lipinski definition) is 5. The van der Waals surface area contributed by atoms with E-state index in [1.165, 1.54) is 5.56 Å². The molecule has 0 atom stereocenters. The van der Waals surface area contributed by atoms with Crippen LogP contribution in [-0.2, 0) is 19.5 Å². The van der Waals surface area contributed by atoms with Gasteiger partial charge < -0.3 is 9.13 Å². The lowest BCUT2D eigenvalue weighted by atomic mass is 10.0. The van der Waals surface area contributed by atoms with E-state index in [2.05, 4.69) is 92.0 Å². The second-order valence-corrected chi connectivity index (χ2v) is 7.98. The molecule has 5 aromatic rings. The molecule has 1 aromatic carbocycles. The fraction of sp³-hybridized carbons (Fsp3) is 0.292. The van der Waals surface area contributed by atoms with Gasteiger partial charge in [0.25, 0.3) is 0 Å². The number of rotatable bonds is 7. The topological polar surface area (TPSA) is 90.1 Å². The molecule has 0 fully saturated rings. The number of fused-ring (bicyclic) bond motifs is 1. The predicted octanol–water partition coefficient (Wildman–Crippen LogP) is 4.41. The summed E-state index contributed by atoms with van der Waals surface area (Å²) in [6.45, 7) is 8.02. The third-order valence-corrected chi connectivity index (χ3v) is 5.86. The standard InChI is InChI=1S/C24H26N8/c1-4-6-20-26-21-16(3)11-13-25-24(21)32(20)15-17-7-9-18(10-8-17)22-19(12-14-31(22)5-2)23-27-29-30-28-23/h7-14H,4-6,15H2,1-3H3,(H,27,28,29,30). The van der Waals surface area contributed by atoms with Gasteiger partial charge in [-0.25, -0.2) is 15.1 Å². The average molecular weight is 427 g/mol. The quantitative estimate of drug-likeness (QED) is 0.416. The number of nitrogens with zero attached hydrogens (tertiary/aromatic N) is 7. The first-order valence-electron chi connectivity index (χ1n) is 11.0. The summed E-state index contributed by atoms with van der Waals surface area (Å²) in [5.74, 6) is 1.76. The van der Waals surface area contributed by atoms with Gasteiger partial charge in [-0.3, -0.25) is 0 Å². The molecule has 0 radical (unpaired) electrons. The van der Waals surface area contributed by atoms with Gasteiger partial charge in [0.15, 0.2) is 11.5 Å². The summed E-state index contributed by atoms with van der Waals surface area (Å²) in [6, 6.07) is 12.8. The molecule has 0 aliphatic heterocycles. The number of aromatic nitrogens is 8. The largest absolute Gasteiger partial charge is 0.347 e. The molecule has 8 heteroatoms. The molecule has 0 saturated carbocycles. The Morgan fingerprint density at radius 1 is 1.03 bits per heavy atom. The molecule has 32 heavy (non-hydrogen) atoms. The van der Waals surface area contributed by atoms with Gasteiger partial charge in [0.2, 0.25) is 0 Å². The molecule has 0 unspecified atom stereocenters. The molecule has 0 amide bonds. The van der Waals surface area contributed by atoms with E-state index in [1.807, 2.05) is 12.3 Å². The zero-order valence-corrected chi connectivity index (χ0v) is 18.6. The summed E-state index contributed by atoms with van der Waals surface area (Å²) < 4.78 is 4.46. The lowest BCUT2D eigenvalue weighted by Gasteiger charge is -2.12. The summed E-state index contributed by atoms with van der Waals surface area (Å²) in [7, 11) is 0. The van der Waals surface area contributed by atoms with Gasteiger partial charge in [-0.2, -0.15) is 0 Å². The minimum absolute atomic E-state index is 0.673. The van der Waals surface area contributed by atoms with Crippen LogP contribution in [0.15, 0.2) is 48.8 Å². The maximum Gasteiger partial charge on any atom is 0.181 e. The zero-order chi connectivity index (χ0) is 22.1. The molecule has 4 heterocycles. The fourth-order valence-electron chi connectivity index (χ4n) is 4.24. The number of pyridine rings is 1. The molecule has 5 rings (SSSR count). The number of H-pyrrole nitrogens is 1. The van der Waals surface area contributed by atoms with E-state index in [9.17, 15) is 0 Å². The Morgan fingerprint density at radius 3 is 2.59 bits per heavy atom. The highest BCUT2D eigenvalue weighted by Gasteiger charge is 2.16. The van der Waals surface area contributed by atoms with Crippen molar-refractivity contribution in [2.75, 3.05) is 0 Å². The van der Waals surface area contributed by atoms with Crippen molar-refractivity contribution in [1.29, 1.82) is 0 Å². The van der Waals surface area contributed by atoms with Gasteiger partial charge in [-0.1, -0.05) is 31.2 Å². The summed E-state index contributed by atoms with van der Waals surface area (Å²) in [4.78, 5) is 9.53. The van der Waals surface area contributed by atoms with E-state index in [0.717, 1.165) is 65.3 Å². The number of hydrogen-bond donors (Lipinski definition) is 1. The zero-order valence-electron chi connectivity index (χ0n) is 18.6. The van der Waals surface area contributed by atoms with Crippen LogP contribution >= 0.6 is 0 Å². The number of nitrogens with one attached hydrogen (secondary N) is 1. The van der Waals surface area contributed by atoms with Crippen LogP contribution in [0.1, 0.15) is 37.2 Å². The third-order valence-electron chi connectivity index (χ3n) is 5.86. The average Bonchev–Trinajstić information content (AvgIpc) is 3.54. The molecule has 4 aromatic heterocycles. The van der Waals surface area contributed by atoms with Crippen molar-refractivity contribution >= 4 is 11.2 Å². The van der Waals surface area contributed by atoms with Crippen LogP contribution in [-0.4, -0.2) is 39.7 Å². The molecular formula is C24H26N8. The van der Waals surface area contributed by atoms with Crippen molar-refractivity contribution in [2.45, 2.75) is 46.7 Å². The molecule has 0 bridgehead atoms. The maximum atomic E-state index is 4.89. The molecule has 1 N–H and O–H groups in total. The van der Waals surface area contributed by atoms with Crippen molar-refractivity contribution in [3.8, 4) is 22.6 Å². The van der Waals surface area contributed by atoms with Crippen LogP contribution in [0.5, 0.6) is 0 Å². The predicted molar refractivity (Wildman–Crippen MR) is 124 cm³/mol. The Labute approximate surface area is 186 Å². The van der Waals surface area contributed by atoms with E-state index in [-0.39, 0.29) is 0 Å². The maximum absolute atomic E-state index is 4.89. The van der Waals surface area contributed by atoms with E-state index in [1.54, 1.807) is 0 Å². The van der Waals surface area contributed by atoms with Gasteiger partial charge in [0.05, 0.1) is 12.2 Å².